The van der Waals surface area contributed by atoms with Gasteiger partial charge in [-0.25, -0.2) is 0 Å². The third-order valence-corrected chi connectivity index (χ3v) is 3.30. The molecule has 0 unspecified atom stereocenters. The molecule has 100 valence electrons. The molecule has 2 rings (SSSR count). The minimum atomic E-state index is 0.773. The number of nitrogens with zero attached hydrogens (tertiary/aromatic N) is 1. The molecule has 0 aromatic heterocycles. The second-order valence-corrected chi connectivity index (χ2v) is 4.74. The van der Waals surface area contributed by atoms with Crippen LogP contribution in [0.3, 0.4) is 0 Å². The molecule has 0 N–H and O–H groups in total. The fourth-order valence-electron chi connectivity index (χ4n) is 1.97. The zero-order valence-corrected chi connectivity index (χ0v) is 11.4. The Morgan fingerprint density at radius 3 is 2.67 bits per heavy atom. The molecule has 18 heavy (non-hydrogen) atoms. The standard InChI is InChI=1S/C15H23NO2/c1-3-13-6-7-14(15(12-13)17-2)18-11-5-4-8-16-9-10-16/h6-7,12H,3-5,8-11H2,1-2H3. The van der Waals surface area contributed by atoms with E-state index in [0.717, 1.165) is 30.9 Å². The van der Waals surface area contributed by atoms with Gasteiger partial charge in [-0.15, -0.1) is 0 Å². The van der Waals surface area contributed by atoms with Gasteiger partial charge in [-0.05, 0) is 43.5 Å². The molecule has 0 atom stereocenters. The summed E-state index contributed by atoms with van der Waals surface area (Å²) in [5.74, 6) is 1.71. The Morgan fingerprint density at radius 2 is 2.00 bits per heavy atom. The first-order chi connectivity index (χ1) is 8.83. The summed E-state index contributed by atoms with van der Waals surface area (Å²) in [4.78, 5) is 2.44. The molecular formula is C15H23NO2. The van der Waals surface area contributed by atoms with E-state index in [-0.39, 0.29) is 0 Å². The molecule has 1 heterocycles. The molecule has 0 amide bonds. The van der Waals surface area contributed by atoms with Crippen molar-refractivity contribution >= 4 is 0 Å². The van der Waals surface area contributed by atoms with Crippen LogP contribution in [0.25, 0.3) is 0 Å². The summed E-state index contributed by atoms with van der Waals surface area (Å²) >= 11 is 0. The Labute approximate surface area is 110 Å². The monoisotopic (exact) mass is 249 g/mol. The topological polar surface area (TPSA) is 21.5 Å². The van der Waals surface area contributed by atoms with E-state index in [9.17, 15) is 0 Å². The number of aryl methyl sites for hydroxylation is 1. The fraction of sp³-hybridized carbons (Fsp3) is 0.600. The molecule has 3 heteroatoms. The van der Waals surface area contributed by atoms with Crippen LogP contribution in [0.15, 0.2) is 18.2 Å². The smallest absolute Gasteiger partial charge is 0.161 e. The summed E-state index contributed by atoms with van der Waals surface area (Å²) in [7, 11) is 1.70. The lowest BCUT2D eigenvalue weighted by Gasteiger charge is -2.11. The zero-order valence-electron chi connectivity index (χ0n) is 11.4. The second-order valence-electron chi connectivity index (χ2n) is 4.74. The van der Waals surface area contributed by atoms with E-state index in [4.69, 9.17) is 9.47 Å². The van der Waals surface area contributed by atoms with Crippen LogP contribution in [0.4, 0.5) is 0 Å². The van der Waals surface area contributed by atoms with E-state index >= 15 is 0 Å². The van der Waals surface area contributed by atoms with Crippen LogP contribution in [-0.4, -0.2) is 38.3 Å². The molecule has 1 aromatic rings. The van der Waals surface area contributed by atoms with E-state index in [0.29, 0.717) is 0 Å². The first-order valence-corrected chi connectivity index (χ1v) is 6.85. The van der Waals surface area contributed by atoms with Crippen molar-refractivity contribution in [1.82, 2.24) is 4.90 Å². The van der Waals surface area contributed by atoms with Gasteiger partial charge in [0.1, 0.15) is 0 Å². The van der Waals surface area contributed by atoms with Crippen molar-refractivity contribution in [1.29, 1.82) is 0 Å². The van der Waals surface area contributed by atoms with Gasteiger partial charge in [0.2, 0.25) is 0 Å². The van der Waals surface area contributed by atoms with Gasteiger partial charge in [-0.2, -0.15) is 0 Å². The average molecular weight is 249 g/mol. The molecule has 1 aliphatic heterocycles. The van der Waals surface area contributed by atoms with Crippen LogP contribution >= 0.6 is 0 Å². The number of benzene rings is 1. The molecule has 0 bridgehead atoms. The van der Waals surface area contributed by atoms with Crippen molar-refractivity contribution in [2.24, 2.45) is 0 Å². The first-order valence-electron chi connectivity index (χ1n) is 6.85. The molecule has 0 radical (unpaired) electrons. The lowest BCUT2D eigenvalue weighted by Crippen LogP contribution is -2.04. The van der Waals surface area contributed by atoms with Crippen molar-refractivity contribution in [2.45, 2.75) is 26.2 Å². The highest BCUT2D eigenvalue weighted by molar-refractivity contribution is 5.42. The maximum atomic E-state index is 5.79. The van der Waals surface area contributed by atoms with Gasteiger partial charge in [0.15, 0.2) is 11.5 Å². The number of rotatable bonds is 8. The minimum Gasteiger partial charge on any atom is -0.493 e. The maximum absolute atomic E-state index is 5.79. The maximum Gasteiger partial charge on any atom is 0.161 e. The molecule has 1 saturated heterocycles. The lowest BCUT2D eigenvalue weighted by molar-refractivity contribution is 0.283. The molecular weight excluding hydrogens is 226 g/mol. The highest BCUT2D eigenvalue weighted by atomic mass is 16.5. The molecule has 3 nitrogen and oxygen atoms in total. The van der Waals surface area contributed by atoms with Gasteiger partial charge >= 0.3 is 0 Å². The van der Waals surface area contributed by atoms with Gasteiger partial charge in [0.05, 0.1) is 13.7 Å². The van der Waals surface area contributed by atoms with Gasteiger partial charge in [0, 0.05) is 13.1 Å². The van der Waals surface area contributed by atoms with Gasteiger partial charge in [-0.3, -0.25) is 0 Å². The summed E-state index contributed by atoms with van der Waals surface area (Å²) < 4.78 is 11.1. The predicted octanol–water partition coefficient (Wildman–Crippen LogP) is 2.73. The zero-order chi connectivity index (χ0) is 12.8. The Balaban J connectivity index is 1.76. The highest BCUT2D eigenvalue weighted by Crippen LogP contribution is 2.28. The van der Waals surface area contributed by atoms with E-state index < -0.39 is 0 Å². The average Bonchev–Trinajstić information content (AvgIpc) is 3.22. The number of ether oxygens (including phenoxy) is 2. The van der Waals surface area contributed by atoms with Gasteiger partial charge in [0.25, 0.3) is 0 Å². The lowest BCUT2D eigenvalue weighted by atomic mass is 10.1. The Kier molecular flexibility index (Phi) is 4.88. The molecule has 0 aliphatic carbocycles. The van der Waals surface area contributed by atoms with Crippen molar-refractivity contribution in [2.75, 3.05) is 33.4 Å². The Hall–Kier alpha value is -1.22. The van der Waals surface area contributed by atoms with Crippen LogP contribution in [-0.2, 0) is 6.42 Å². The summed E-state index contributed by atoms with van der Waals surface area (Å²) in [6, 6.07) is 6.18. The van der Waals surface area contributed by atoms with E-state index in [1.165, 1.54) is 31.6 Å². The highest BCUT2D eigenvalue weighted by Gasteiger charge is 2.15. The van der Waals surface area contributed by atoms with E-state index in [2.05, 4.69) is 24.0 Å². The summed E-state index contributed by atoms with van der Waals surface area (Å²) in [6.45, 7) is 6.70. The first kappa shape index (κ1) is 13.2. The third-order valence-electron chi connectivity index (χ3n) is 3.30. The molecule has 0 saturated carbocycles. The molecule has 1 aliphatic rings. The largest absolute Gasteiger partial charge is 0.493 e. The van der Waals surface area contributed by atoms with Crippen LogP contribution in [0.2, 0.25) is 0 Å². The van der Waals surface area contributed by atoms with Crippen LogP contribution in [0.1, 0.15) is 25.3 Å². The summed E-state index contributed by atoms with van der Waals surface area (Å²) in [6.07, 6.45) is 3.34. The van der Waals surface area contributed by atoms with Crippen molar-refractivity contribution in [3.8, 4) is 11.5 Å². The Bertz CT molecular complexity index is 375. The van der Waals surface area contributed by atoms with Crippen molar-refractivity contribution in [3.63, 3.8) is 0 Å². The molecule has 1 aromatic carbocycles. The summed E-state index contributed by atoms with van der Waals surface area (Å²) in [5.41, 5.74) is 1.28. The van der Waals surface area contributed by atoms with Crippen LogP contribution in [0, 0.1) is 0 Å². The minimum absolute atomic E-state index is 0.773. The molecule has 0 spiro atoms. The van der Waals surface area contributed by atoms with Gasteiger partial charge < -0.3 is 14.4 Å². The normalized spacial score (nSPS) is 14.6. The quantitative estimate of drug-likeness (QED) is 0.522. The van der Waals surface area contributed by atoms with E-state index in [1.807, 2.05) is 6.07 Å². The summed E-state index contributed by atoms with van der Waals surface area (Å²) in [5, 5.41) is 0. The fourth-order valence-corrected chi connectivity index (χ4v) is 1.97. The predicted molar refractivity (Wildman–Crippen MR) is 73.5 cm³/mol. The second kappa shape index (κ2) is 6.64. The van der Waals surface area contributed by atoms with Crippen molar-refractivity contribution in [3.05, 3.63) is 23.8 Å². The third kappa shape index (κ3) is 3.91. The number of hydrogen-bond acceptors (Lipinski definition) is 3. The molecule has 1 fully saturated rings. The van der Waals surface area contributed by atoms with Crippen molar-refractivity contribution < 1.29 is 9.47 Å². The SMILES string of the molecule is CCc1ccc(OCCCCN2CC2)c(OC)c1. The number of unbranched alkanes of at least 4 members (excludes halogenated alkanes) is 1. The van der Waals surface area contributed by atoms with E-state index in [1.54, 1.807) is 7.11 Å². The van der Waals surface area contributed by atoms with Crippen LogP contribution in [0.5, 0.6) is 11.5 Å². The van der Waals surface area contributed by atoms with Gasteiger partial charge in [-0.1, -0.05) is 13.0 Å². The number of methoxy groups -OCH3 is 1. The number of hydrogen-bond donors (Lipinski definition) is 0. The van der Waals surface area contributed by atoms with Crippen LogP contribution < -0.4 is 9.47 Å². The Morgan fingerprint density at radius 1 is 1.17 bits per heavy atom.